The Balaban J connectivity index is 2.17. The number of thioether (sulfide) groups is 1. The van der Waals surface area contributed by atoms with Gasteiger partial charge in [0.2, 0.25) is 0 Å². The van der Waals surface area contributed by atoms with Crippen molar-refractivity contribution >= 4 is 29.7 Å². The third-order valence-electron chi connectivity index (χ3n) is 3.87. The molecule has 0 aliphatic carbocycles. The molecule has 0 radical (unpaired) electrons. The predicted octanol–water partition coefficient (Wildman–Crippen LogP) is 2.91. The van der Waals surface area contributed by atoms with Gasteiger partial charge in [-0.2, -0.15) is 11.8 Å². The zero-order chi connectivity index (χ0) is 19.3. The maximum absolute atomic E-state index is 12.8. The summed E-state index contributed by atoms with van der Waals surface area (Å²) >= 11 is 1.56. The first-order valence-corrected chi connectivity index (χ1v) is 9.99. The summed E-state index contributed by atoms with van der Waals surface area (Å²) in [6.07, 6.45) is 2.30. The monoisotopic (exact) mass is 378 g/mol. The molecule has 0 unspecified atom stereocenters. The van der Waals surface area contributed by atoms with E-state index in [0.717, 1.165) is 10.5 Å². The summed E-state index contributed by atoms with van der Waals surface area (Å²) in [5.74, 6) is -0.239. The van der Waals surface area contributed by atoms with E-state index in [9.17, 15) is 14.4 Å². The molecule has 1 saturated heterocycles. The van der Waals surface area contributed by atoms with Crippen LogP contribution >= 0.6 is 11.8 Å². The smallest absolute Gasteiger partial charge is 0.329 e. The Labute approximate surface area is 158 Å². The lowest BCUT2D eigenvalue weighted by Gasteiger charge is -2.28. The Bertz CT molecular complexity index is 657. The number of rotatable bonds is 7. The van der Waals surface area contributed by atoms with E-state index in [0.29, 0.717) is 18.7 Å². The first kappa shape index (κ1) is 20.3. The minimum Gasteiger partial charge on any atom is -0.458 e. The van der Waals surface area contributed by atoms with E-state index in [-0.39, 0.29) is 12.5 Å². The Hall–Kier alpha value is -2.02. The summed E-state index contributed by atoms with van der Waals surface area (Å²) in [4.78, 5) is 40.5. The van der Waals surface area contributed by atoms with E-state index in [4.69, 9.17) is 4.74 Å². The number of hydrogen-bond acceptors (Lipinski definition) is 5. The van der Waals surface area contributed by atoms with Gasteiger partial charge in [-0.15, -0.1) is 0 Å². The minimum absolute atomic E-state index is 0.0215. The molecule has 0 saturated carbocycles. The molecule has 7 heteroatoms. The molecule has 1 aliphatic heterocycles. The Morgan fingerprint density at radius 3 is 2.46 bits per heavy atom. The van der Waals surface area contributed by atoms with Crippen LogP contribution in [0.25, 0.3) is 0 Å². The van der Waals surface area contributed by atoms with Crippen LogP contribution in [0.4, 0.5) is 4.79 Å². The van der Waals surface area contributed by atoms with Gasteiger partial charge in [-0.05, 0) is 44.8 Å². The molecule has 26 heavy (non-hydrogen) atoms. The molecule has 1 aromatic rings. The van der Waals surface area contributed by atoms with Gasteiger partial charge in [-0.1, -0.05) is 30.3 Å². The summed E-state index contributed by atoms with van der Waals surface area (Å²) < 4.78 is 5.45. The lowest BCUT2D eigenvalue weighted by Crippen LogP contribution is -2.48. The Morgan fingerprint density at radius 1 is 1.23 bits per heavy atom. The number of benzene rings is 1. The molecule has 1 atom stereocenters. The molecule has 1 aromatic carbocycles. The lowest BCUT2D eigenvalue weighted by atomic mass is 10.1. The lowest BCUT2D eigenvalue weighted by molar-refractivity contribution is -0.162. The summed E-state index contributed by atoms with van der Waals surface area (Å²) in [6.45, 7) is 5.63. The van der Waals surface area contributed by atoms with Gasteiger partial charge < -0.3 is 9.64 Å². The number of hydrogen-bond donors (Lipinski definition) is 0. The van der Waals surface area contributed by atoms with Crippen LogP contribution in [0.2, 0.25) is 0 Å². The van der Waals surface area contributed by atoms with Crippen LogP contribution in [0.5, 0.6) is 0 Å². The second kappa shape index (κ2) is 8.58. The SMILES string of the molecule is CSCC[C@@H](C(=O)OC(C)(C)C)N1C(=O)CN(Cc2ccccc2)C1=O. The molecule has 0 spiro atoms. The first-order valence-electron chi connectivity index (χ1n) is 8.59. The molecule has 3 amide bonds. The molecular weight excluding hydrogens is 352 g/mol. The van der Waals surface area contributed by atoms with E-state index in [1.165, 1.54) is 4.90 Å². The van der Waals surface area contributed by atoms with Gasteiger partial charge in [-0.25, -0.2) is 14.5 Å². The largest absolute Gasteiger partial charge is 0.458 e. The molecule has 0 aromatic heterocycles. The molecule has 1 heterocycles. The average Bonchev–Trinajstić information content (AvgIpc) is 2.82. The van der Waals surface area contributed by atoms with Crippen molar-refractivity contribution in [1.29, 1.82) is 0 Å². The number of carbonyl (C=O) groups is 3. The number of esters is 1. The second-order valence-electron chi connectivity index (χ2n) is 7.22. The highest BCUT2D eigenvalue weighted by Crippen LogP contribution is 2.22. The quantitative estimate of drug-likeness (QED) is 0.539. The van der Waals surface area contributed by atoms with Gasteiger partial charge in [0.25, 0.3) is 5.91 Å². The van der Waals surface area contributed by atoms with Crippen molar-refractivity contribution in [2.45, 2.75) is 45.4 Å². The van der Waals surface area contributed by atoms with Crippen molar-refractivity contribution in [1.82, 2.24) is 9.80 Å². The fraction of sp³-hybridized carbons (Fsp3) is 0.526. The number of ether oxygens (including phenoxy) is 1. The zero-order valence-electron chi connectivity index (χ0n) is 15.7. The van der Waals surface area contributed by atoms with Crippen LogP contribution in [0.15, 0.2) is 30.3 Å². The number of nitrogens with zero attached hydrogens (tertiary/aromatic N) is 2. The van der Waals surface area contributed by atoms with E-state index in [1.807, 2.05) is 36.6 Å². The zero-order valence-corrected chi connectivity index (χ0v) is 16.5. The standard InChI is InChI=1S/C19H26N2O4S/c1-19(2,3)25-17(23)15(10-11-26-4)21-16(22)13-20(18(21)24)12-14-8-6-5-7-9-14/h5-9,15H,10-13H2,1-4H3/t15-/m0/s1. The number of carbonyl (C=O) groups excluding carboxylic acids is 3. The first-order chi connectivity index (χ1) is 12.2. The fourth-order valence-corrected chi connectivity index (χ4v) is 3.21. The number of amides is 3. The van der Waals surface area contributed by atoms with Gasteiger partial charge in [0.15, 0.2) is 0 Å². The predicted molar refractivity (Wildman–Crippen MR) is 102 cm³/mol. The Kier molecular flexibility index (Phi) is 6.69. The van der Waals surface area contributed by atoms with Gasteiger partial charge in [-0.3, -0.25) is 4.79 Å². The van der Waals surface area contributed by atoms with Gasteiger partial charge >= 0.3 is 12.0 Å². The van der Waals surface area contributed by atoms with E-state index in [1.54, 1.807) is 32.5 Å². The van der Waals surface area contributed by atoms with Crippen LogP contribution in [0, 0.1) is 0 Å². The summed E-state index contributed by atoms with van der Waals surface area (Å²) in [5.41, 5.74) is 0.262. The summed E-state index contributed by atoms with van der Waals surface area (Å²) in [7, 11) is 0. The molecule has 142 valence electrons. The van der Waals surface area contributed by atoms with Gasteiger partial charge in [0, 0.05) is 6.54 Å². The molecule has 0 bridgehead atoms. The van der Waals surface area contributed by atoms with Crippen molar-refractivity contribution in [2.24, 2.45) is 0 Å². The number of urea groups is 1. The average molecular weight is 378 g/mol. The molecule has 2 rings (SSSR count). The highest BCUT2D eigenvalue weighted by molar-refractivity contribution is 7.98. The molecule has 0 N–H and O–H groups in total. The molecule has 6 nitrogen and oxygen atoms in total. The van der Waals surface area contributed by atoms with Crippen LogP contribution in [-0.4, -0.2) is 57.9 Å². The normalized spacial score (nSPS) is 16.2. The summed E-state index contributed by atoms with van der Waals surface area (Å²) in [6, 6.07) is 8.15. The van der Waals surface area contributed by atoms with Crippen molar-refractivity contribution in [3.05, 3.63) is 35.9 Å². The van der Waals surface area contributed by atoms with Crippen LogP contribution in [0.3, 0.4) is 0 Å². The van der Waals surface area contributed by atoms with Gasteiger partial charge in [0.1, 0.15) is 18.2 Å². The van der Waals surface area contributed by atoms with E-state index < -0.39 is 23.6 Å². The number of imide groups is 1. The van der Waals surface area contributed by atoms with Crippen molar-refractivity contribution in [2.75, 3.05) is 18.6 Å². The minimum atomic E-state index is -0.887. The van der Waals surface area contributed by atoms with Crippen molar-refractivity contribution < 1.29 is 19.1 Å². The third kappa shape index (κ3) is 5.24. The van der Waals surface area contributed by atoms with E-state index >= 15 is 0 Å². The van der Waals surface area contributed by atoms with Crippen molar-refractivity contribution in [3.63, 3.8) is 0 Å². The molecule has 1 fully saturated rings. The maximum Gasteiger partial charge on any atom is 0.329 e. The molecular formula is C19H26N2O4S. The third-order valence-corrected chi connectivity index (χ3v) is 4.52. The molecule has 1 aliphatic rings. The maximum atomic E-state index is 12.8. The van der Waals surface area contributed by atoms with Crippen molar-refractivity contribution in [3.8, 4) is 0 Å². The van der Waals surface area contributed by atoms with E-state index in [2.05, 4.69) is 0 Å². The fourth-order valence-electron chi connectivity index (χ4n) is 2.75. The highest BCUT2D eigenvalue weighted by atomic mass is 32.2. The topological polar surface area (TPSA) is 66.9 Å². The highest BCUT2D eigenvalue weighted by Gasteiger charge is 2.44. The van der Waals surface area contributed by atoms with Crippen LogP contribution in [0.1, 0.15) is 32.8 Å². The Morgan fingerprint density at radius 2 is 1.88 bits per heavy atom. The second-order valence-corrected chi connectivity index (χ2v) is 8.20. The van der Waals surface area contributed by atoms with Gasteiger partial charge in [0.05, 0.1) is 0 Å². The van der Waals surface area contributed by atoms with Crippen LogP contribution in [-0.2, 0) is 20.9 Å². The summed E-state index contributed by atoms with van der Waals surface area (Å²) in [5, 5.41) is 0. The van der Waals surface area contributed by atoms with Crippen LogP contribution < -0.4 is 0 Å².